The Morgan fingerprint density at radius 1 is 0.774 bits per heavy atom. The van der Waals surface area contributed by atoms with E-state index in [4.69, 9.17) is 0 Å². The zero-order valence-corrected chi connectivity index (χ0v) is 19.8. The number of ketones is 1. The highest BCUT2D eigenvalue weighted by Gasteiger charge is 2.37. The Morgan fingerprint density at radius 2 is 1.32 bits per heavy atom. The van der Waals surface area contributed by atoms with Crippen molar-refractivity contribution in [3.8, 4) is 0 Å². The van der Waals surface area contributed by atoms with E-state index in [1.165, 1.54) is 11.1 Å². The second-order valence-corrected chi connectivity index (χ2v) is 12.3. The molecule has 4 rings (SSSR count). The van der Waals surface area contributed by atoms with Gasteiger partial charge in [-0.1, -0.05) is 65.0 Å². The van der Waals surface area contributed by atoms with Crippen LogP contribution >= 0.6 is 0 Å². The van der Waals surface area contributed by atoms with E-state index in [1.54, 1.807) is 31.2 Å². The largest absolute Gasteiger partial charge is 0.289 e. The first-order valence-electron chi connectivity index (χ1n) is 10.9. The first kappa shape index (κ1) is 21.8. The fourth-order valence-corrected chi connectivity index (χ4v) is 5.54. The molecule has 0 aliphatic heterocycles. The minimum Gasteiger partial charge on any atom is -0.289 e. The molecule has 3 nitrogen and oxygen atoms in total. The monoisotopic (exact) mass is 434 g/mol. The van der Waals surface area contributed by atoms with Gasteiger partial charge in [-0.15, -0.1) is 0 Å². The van der Waals surface area contributed by atoms with Crippen LogP contribution < -0.4 is 0 Å². The number of hydrogen-bond acceptors (Lipinski definition) is 3. The van der Waals surface area contributed by atoms with Gasteiger partial charge in [-0.3, -0.25) is 4.79 Å². The molecule has 0 atom stereocenters. The predicted molar refractivity (Wildman–Crippen MR) is 127 cm³/mol. The molecular weight excluding hydrogens is 404 g/mol. The van der Waals surface area contributed by atoms with Gasteiger partial charge in [-0.25, -0.2) is 8.42 Å². The molecule has 31 heavy (non-hydrogen) atoms. The lowest BCUT2D eigenvalue weighted by Crippen LogP contribution is -2.34. The molecule has 0 saturated carbocycles. The van der Waals surface area contributed by atoms with Gasteiger partial charge in [-0.05, 0) is 69.8 Å². The summed E-state index contributed by atoms with van der Waals surface area (Å²) in [7, 11) is -3.26. The van der Waals surface area contributed by atoms with Crippen LogP contribution in [0, 0.1) is 0 Å². The number of fused-ring (bicyclic) bond motifs is 2. The lowest BCUT2D eigenvalue weighted by Gasteiger charge is -2.42. The zero-order chi connectivity index (χ0) is 22.6. The number of carbonyl (C=O) groups is 1. The first-order valence-corrected chi connectivity index (χ1v) is 12.6. The van der Waals surface area contributed by atoms with Gasteiger partial charge in [0.1, 0.15) is 0 Å². The summed E-state index contributed by atoms with van der Waals surface area (Å²) >= 11 is 0. The topological polar surface area (TPSA) is 51.2 Å². The number of benzene rings is 3. The predicted octanol–water partition coefficient (Wildman–Crippen LogP) is 6.21. The molecule has 3 aromatic carbocycles. The molecule has 1 aliphatic rings. The number of hydrogen-bond donors (Lipinski definition) is 0. The molecule has 1 aliphatic carbocycles. The van der Waals surface area contributed by atoms with Gasteiger partial charge in [0.15, 0.2) is 15.6 Å². The van der Waals surface area contributed by atoms with E-state index >= 15 is 0 Å². The summed E-state index contributed by atoms with van der Waals surface area (Å²) in [6.45, 7) is 10.7. The van der Waals surface area contributed by atoms with Gasteiger partial charge < -0.3 is 0 Å². The van der Waals surface area contributed by atoms with Gasteiger partial charge in [-0.2, -0.15) is 0 Å². The van der Waals surface area contributed by atoms with E-state index in [-0.39, 0.29) is 22.4 Å². The smallest absolute Gasteiger partial charge is 0.193 e. The van der Waals surface area contributed by atoms with Crippen molar-refractivity contribution >= 4 is 26.4 Å². The highest BCUT2D eigenvalue weighted by Crippen LogP contribution is 2.46. The molecule has 0 fully saturated rings. The highest BCUT2D eigenvalue weighted by atomic mass is 32.2. The summed E-state index contributed by atoms with van der Waals surface area (Å²) in [4.78, 5) is 13.6. The van der Waals surface area contributed by atoms with Crippen molar-refractivity contribution in [1.82, 2.24) is 0 Å². The van der Waals surface area contributed by atoms with Gasteiger partial charge >= 0.3 is 0 Å². The maximum atomic E-state index is 13.3. The molecule has 0 amide bonds. The van der Waals surface area contributed by atoms with Crippen LogP contribution in [0.2, 0.25) is 0 Å². The van der Waals surface area contributed by atoms with E-state index in [0.717, 1.165) is 23.6 Å². The molecule has 0 spiro atoms. The van der Waals surface area contributed by atoms with Crippen molar-refractivity contribution in [3.63, 3.8) is 0 Å². The van der Waals surface area contributed by atoms with E-state index in [1.807, 2.05) is 18.2 Å². The summed E-state index contributed by atoms with van der Waals surface area (Å²) in [6, 6.07) is 16.7. The van der Waals surface area contributed by atoms with Crippen molar-refractivity contribution in [2.75, 3.05) is 5.75 Å². The van der Waals surface area contributed by atoms with Crippen LogP contribution in [-0.2, 0) is 20.7 Å². The fraction of sp³-hybridized carbons (Fsp3) is 0.370. The third kappa shape index (κ3) is 3.82. The van der Waals surface area contributed by atoms with Crippen LogP contribution in [0.1, 0.15) is 74.5 Å². The van der Waals surface area contributed by atoms with Gasteiger partial charge in [0, 0.05) is 11.1 Å². The molecule has 4 heteroatoms. The van der Waals surface area contributed by atoms with Crippen molar-refractivity contribution in [2.45, 2.75) is 63.2 Å². The Bertz CT molecular complexity index is 1300. The molecule has 0 aromatic heterocycles. The van der Waals surface area contributed by atoms with Crippen LogP contribution in [0.15, 0.2) is 59.5 Å². The van der Waals surface area contributed by atoms with E-state index in [0.29, 0.717) is 16.0 Å². The van der Waals surface area contributed by atoms with Crippen LogP contribution in [-0.4, -0.2) is 20.0 Å². The molecule has 0 radical (unpaired) electrons. The summed E-state index contributed by atoms with van der Waals surface area (Å²) in [6.07, 6.45) is 2.24. The van der Waals surface area contributed by atoms with Crippen LogP contribution in [0.5, 0.6) is 0 Å². The molecule has 3 aromatic rings. The Balaban J connectivity index is 1.74. The molecular formula is C27H30O3S. The van der Waals surface area contributed by atoms with Crippen LogP contribution in [0.3, 0.4) is 0 Å². The maximum Gasteiger partial charge on any atom is 0.193 e. The molecule has 0 saturated heterocycles. The van der Waals surface area contributed by atoms with E-state index < -0.39 is 9.84 Å². The summed E-state index contributed by atoms with van der Waals surface area (Å²) in [5.41, 5.74) is 4.09. The van der Waals surface area contributed by atoms with Crippen LogP contribution in [0.4, 0.5) is 0 Å². The summed E-state index contributed by atoms with van der Waals surface area (Å²) < 4.78 is 24.3. The number of carbonyl (C=O) groups excluding carboxylic acids is 1. The van der Waals surface area contributed by atoms with Crippen molar-refractivity contribution in [2.24, 2.45) is 0 Å². The number of sulfone groups is 1. The third-order valence-electron chi connectivity index (χ3n) is 6.93. The lowest BCUT2D eigenvalue weighted by atomic mass is 9.63. The van der Waals surface area contributed by atoms with Crippen LogP contribution in [0.25, 0.3) is 10.8 Å². The van der Waals surface area contributed by atoms with Crippen molar-refractivity contribution in [1.29, 1.82) is 0 Å². The van der Waals surface area contributed by atoms with E-state index in [9.17, 15) is 13.2 Å². The quantitative estimate of drug-likeness (QED) is 0.459. The fourth-order valence-electron chi connectivity index (χ4n) is 4.62. The van der Waals surface area contributed by atoms with Gasteiger partial charge in [0.25, 0.3) is 0 Å². The Labute approximate surface area is 185 Å². The highest BCUT2D eigenvalue weighted by molar-refractivity contribution is 7.91. The average molecular weight is 435 g/mol. The van der Waals surface area contributed by atoms with Gasteiger partial charge in [0.05, 0.1) is 10.6 Å². The standard InChI is InChI=1S/C27H30O3S/c1-6-31(29,30)22-11-9-18-15-20(8-7-19(18)16-22)25(28)21-10-12-23-24(17-21)27(4,5)14-13-26(23,2)3/h7-12,15-17H,6,13-14H2,1-5H3. The first-order chi connectivity index (χ1) is 14.4. The second-order valence-electron chi connectivity index (χ2n) is 9.98. The second kappa shape index (κ2) is 7.30. The maximum absolute atomic E-state index is 13.3. The minimum atomic E-state index is -3.26. The SMILES string of the molecule is CCS(=O)(=O)c1ccc2cc(C(=O)c3ccc4c(c3)C(C)(C)CCC4(C)C)ccc2c1. The molecule has 0 bridgehead atoms. The summed E-state index contributed by atoms with van der Waals surface area (Å²) in [5, 5.41) is 1.68. The summed E-state index contributed by atoms with van der Waals surface area (Å²) in [5.74, 6) is 0.0646. The zero-order valence-electron chi connectivity index (χ0n) is 19.0. The van der Waals surface area contributed by atoms with Crippen molar-refractivity contribution < 1.29 is 13.2 Å². The Morgan fingerprint density at radius 3 is 2.00 bits per heavy atom. The molecule has 0 unspecified atom stereocenters. The molecule has 0 N–H and O–H groups in total. The van der Waals surface area contributed by atoms with Crippen molar-refractivity contribution in [3.05, 3.63) is 76.9 Å². The minimum absolute atomic E-state index is 0.00543. The van der Waals surface area contributed by atoms with Gasteiger partial charge in [0.2, 0.25) is 0 Å². The average Bonchev–Trinajstić information content (AvgIpc) is 2.75. The normalized spacial score (nSPS) is 17.3. The molecule has 0 heterocycles. The number of rotatable bonds is 4. The third-order valence-corrected chi connectivity index (χ3v) is 8.66. The Kier molecular flexibility index (Phi) is 5.13. The van der Waals surface area contributed by atoms with E-state index in [2.05, 4.69) is 39.8 Å². The lowest BCUT2D eigenvalue weighted by molar-refractivity contribution is 0.103. The Hall–Kier alpha value is -2.46. The molecule has 162 valence electrons.